The van der Waals surface area contributed by atoms with Crippen molar-refractivity contribution in [3.8, 4) is 44.9 Å². The Labute approximate surface area is 451 Å². The number of rotatable bonds is 22. The predicted molar refractivity (Wildman–Crippen MR) is 311 cm³/mol. The van der Waals surface area contributed by atoms with Crippen LogP contribution in [0.2, 0.25) is 0 Å². The second-order valence-corrected chi connectivity index (χ2v) is 18.8. The van der Waals surface area contributed by atoms with Gasteiger partial charge < -0.3 is 38.2 Å². The molecule has 8 nitrogen and oxygen atoms in total. The molecule has 0 aromatic heterocycles. The van der Waals surface area contributed by atoms with Crippen molar-refractivity contribution in [2.24, 2.45) is 0 Å². The molecule has 11 rings (SSSR count). The van der Waals surface area contributed by atoms with Gasteiger partial charge in [0.2, 0.25) is 0 Å². The molecule has 0 fully saturated rings. The van der Waals surface area contributed by atoms with Crippen molar-refractivity contribution in [1.82, 2.24) is 0 Å². The van der Waals surface area contributed by atoms with Crippen molar-refractivity contribution in [3.05, 3.63) is 277 Å². The molecule has 77 heavy (non-hydrogen) atoms. The average molecular weight is 1010 g/mol. The van der Waals surface area contributed by atoms with Gasteiger partial charge in [0.25, 0.3) is 0 Å². The molecular formula is C69H60N2O6. The van der Waals surface area contributed by atoms with E-state index in [0.29, 0.717) is 37.9 Å². The molecule has 10 aromatic rings. The maximum Gasteiger partial charge on any atom is 0.189 e. The Morgan fingerprint density at radius 2 is 0.623 bits per heavy atom. The summed E-state index contributed by atoms with van der Waals surface area (Å²) in [6.07, 6.45) is 0. The fourth-order valence-corrected chi connectivity index (χ4v) is 10.5. The molecule has 0 saturated heterocycles. The lowest BCUT2D eigenvalue weighted by Crippen LogP contribution is -2.28. The fourth-order valence-electron chi connectivity index (χ4n) is 10.5. The summed E-state index contributed by atoms with van der Waals surface area (Å²) in [7, 11) is 3.32. The van der Waals surface area contributed by atoms with E-state index >= 15 is 0 Å². The maximum absolute atomic E-state index is 6.12. The SMILES string of the molecule is COCCOCOc1ccc(C2(c3ccc(OCOCCOC)cc3)c3cc(-c4ccc(N(c5ccccc5)c5ccccc5)cc4)ccc3-c3ccc(-c4ccc(N(c5ccccc5)c5ccccc5)cc4)cc32)cc1. The summed E-state index contributed by atoms with van der Waals surface area (Å²) in [6.45, 7) is 2.10. The number of fused-ring (bicyclic) bond motifs is 3. The molecule has 0 N–H and O–H groups in total. The van der Waals surface area contributed by atoms with Gasteiger partial charge in [-0.15, -0.1) is 0 Å². The molecule has 0 aliphatic heterocycles. The molecule has 0 atom stereocenters. The first-order valence-electron chi connectivity index (χ1n) is 26.0. The molecule has 1 aliphatic rings. The highest BCUT2D eigenvalue weighted by Gasteiger charge is 2.46. The van der Waals surface area contributed by atoms with Gasteiger partial charge in [-0.05, 0) is 165 Å². The van der Waals surface area contributed by atoms with Crippen LogP contribution in [0.4, 0.5) is 34.1 Å². The van der Waals surface area contributed by atoms with E-state index in [4.69, 9.17) is 28.4 Å². The Hall–Kier alpha value is -8.76. The van der Waals surface area contributed by atoms with Crippen LogP contribution in [0.25, 0.3) is 33.4 Å². The van der Waals surface area contributed by atoms with Gasteiger partial charge in [0.05, 0.1) is 31.8 Å². The van der Waals surface area contributed by atoms with E-state index in [-0.39, 0.29) is 13.6 Å². The van der Waals surface area contributed by atoms with Crippen LogP contribution in [0.15, 0.2) is 255 Å². The minimum absolute atomic E-state index is 0.114. The number of hydrogen-bond donors (Lipinski definition) is 0. The molecule has 382 valence electrons. The van der Waals surface area contributed by atoms with Gasteiger partial charge in [-0.2, -0.15) is 0 Å². The predicted octanol–water partition coefficient (Wildman–Crippen LogP) is 16.3. The third-order valence-corrected chi connectivity index (χ3v) is 14.2. The van der Waals surface area contributed by atoms with Crippen molar-refractivity contribution in [2.75, 3.05) is 64.0 Å². The number of methoxy groups -OCH3 is 2. The monoisotopic (exact) mass is 1010 g/mol. The van der Waals surface area contributed by atoms with Crippen molar-refractivity contribution in [3.63, 3.8) is 0 Å². The number of anilines is 6. The molecule has 0 bridgehead atoms. The van der Waals surface area contributed by atoms with Crippen LogP contribution >= 0.6 is 0 Å². The number of benzene rings is 10. The average Bonchev–Trinajstić information content (AvgIpc) is 4.00. The molecule has 0 amide bonds. The summed E-state index contributed by atoms with van der Waals surface area (Å²) >= 11 is 0. The van der Waals surface area contributed by atoms with E-state index in [1.54, 1.807) is 14.2 Å². The first kappa shape index (κ1) is 50.4. The molecule has 0 radical (unpaired) electrons. The molecule has 0 spiro atoms. The minimum Gasteiger partial charge on any atom is -0.468 e. The second-order valence-electron chi connectivity index (χ2n) is 18.8. The molecule has 1 aliphatic carbocycles. The van der Waals surface area contributed by atoms with Crippen LogP contribution in [0, 0.1) is 0 Å². The topological polar surface area (TPSA) is 61.9 Å². The lowest BCUT2D eigenvalue weighted by molar-refractivity contribution is -0.00856. The van der Waals surface area contributed by atoms with Gasteiger partial charge in [-0.3, -0.25) is 0 Å². The molecule has 10 aromatic carbocycles. The van der Waals surface area contributed by atoms with Crippen LogP contribution in [0.1, 0.15) is 22.3 Å². The number of ether oxygens (including phenoxy) is 6. The first-order valence-corrected chi connectivity index (χ1v) is 26.0. The molecule has 8 heteroatoms. The van der Waals surface area contributed by atoms with Crippen LogP contribution in [0.5, 0.6) is 11.5 Å². The Morgan fingerprint density at radius 3 is 0.948 bits per heavy atom. The first-order chi connectivity index (χ1) is 38.1. The van der Waals surface area contributed by atoms with Gasteiger partial charge in [0.1, 0.15) is 11.5 Å². The third-order valence-electron chi connectivity index (χ3n) is 14.2. The largest absolute Gasteiger partial charge is 0.468 e. The molecule has 0 unspecified atom stereocenters. The Balaban J connectivity index is 1.04. The summed E-state index contributed by atoms with van der Waals surface area (Å²) in [5.41, 5.74) is 17.0. The fraction of sp³-hybridized carbons (Fsp3) is 0.130. The minimum atomic E-state index is -0.785. The zero-order chi connectivity index (χ0) is 52.2. The van der Waals surface area contributed by atoms with Crippen molar-refractivity contribution in [1.29, 1.82) is 0 Å². The quantitative estimate of drug-likeness (QED) is 0.0492. The van der Waals surface area contributed by atoms with E-state index in [1.165, 1.54) is 22.3 Å². The van der Waals surface area contributed by atoms with Gasteiger partial charge in [-0.1, -0.05) is 146 Å². The van der Waals surface area contributed by atoms with Crippen molar-refractivity contribution >= 4 is 34.1 Å². The standard InChI is InChI=1S/C69H60N2O6/c1-72-43-45-74-49-76-63-37-29-55(30-38-63)69(56-31-39-64(40-32-56)77-50-75-46-44-73-2)67-47-53(51-23-33-61(34-24-51)70(57-15-7-3-8-16-57)58-17-9-4-10-18-58)27-41-65(67)66-42-28-54(48-68(66)69)52-25-35-62(36-26-52)71(59-19-11-5-12-20-59)60-21-13-6-14-22-60/h3-42,47-48H,43-46,49-50H2,1-2H3. The molecular weight excluding hydrogens is 953 g/mol. The van der Waals surface area contributed by atoms with Gasteiger partial charge >= 0.3 is 0 Å². The third kappa shape index (κ3) is 10.7. The number of hydrogen-bond acceptors (Lipinski definition) is 8. The van der Waals surface area contributed by atoms with E-state index < -0.39 is 5.41 Å². The highest BCUT2D eigenvalue weighted by Crippen LogP contribution is 2.58. The van der Waals surface area contributed by atoms with E-state index in [0.717, 1.165) is 67.5 Å². The zero-order valence-corrected chi connectivity index (χ0v) is 43.3. The van der Waals surface area contributed by atoms with Crippen LogP contribution in [-0.2, 0) is 24.4 Å². The normalized spacial score (nSPS) is 12.1. The maximum atomic E-state index is 6.12. The van der Waals surface area contributed by atoms with Crippen molar-refractivity contribution < 1.29 is 28.4 Å². The lowest BCUT2D eigenvalue weighted by atomic mass is 9.67. The summed E-state index contributed by atoms with van der Waals surface area (Å²) < 4.78 is 34.0. The van der Waals surface area contributed by atoms with Gasteiger partial charge in [0.15, 0.2) is 13.6 Å². The van der Waals surface area contributed by atoms with E-state index in [2.05, 4.69) is 240 Å². The Morgan fingerprint density at radius 1 is 0.312 bits per heavy atom. The summed E-state index contributed by atoms with van der Waals surface area (Å²) in [5.74, 6) is 1.42. The van der Waals surface area contributed by atoms with Gasteiger partial charge in [0, 0.05) is 48.3 Å². The highest BCUT2D eigenvalue weighted by atomic mass is 16.7. The molecule has 0 saturated carbocycles. The lowest BCUT2D eigenvalue weighted by Gasteiger charge is -2.34. The summed E-state index contributed by atoms with van der Waals surface area (Å²) in [4.78, 5) is 4.58. The van der Waals surface area contributed by atoms with Crippen molar-refractivity contribution in [2.45, 2.75) is 5.41 Å². The van der Waals surface area contributed by atoms with E-state index in [1.807, 2.05) is 24.3 Å². The Kier molecular flexibility index (Phi) is 15.6. The summed E-state index contributed by atoms with van der Waals surface area (Å²) in [6, 6.07) is 90.8. The summed E-state index contributed by atoms with van der Waals surface area (Å²) in [5, 5.41) is 0. The van der Waals surface area contributed by atoms with Gasteiger partial charge in [-0.25, -0.2) is 0 Å². The van der Waals surface area contributed by atoms with Crippen LogP contribution < -0.4 is 19.3 Å². The second kappa shape index (κ2) is 23.8. The van der Waals surface area contributed by atoms with E-state index in [9.17, 15) is 0 Å². The Bertz CT molecular complexity index is 3150. The van der Waals surface area contributed by atoms with Crippen LogP contribution in [0.3, 0.4) is 0 Å². The smallest absolute Gasteiger partial charge is 0.189 e. The number of para-hydroxylation sites is 4. The molecule has 0 heterocycles. The van der Waals surface area contributed by atoms with Crippen LogP contribution in [-0.4, -0.2) is 54.2 Å². The number of nitrogens with zero attached hydrogens (tertiary/aromatic N) is 2. The highest BCUT2D eigenvalue weighted by molar-refractivity contribution is 5.91. The zero-order valence-electron chi connectivity index (χ0n) is 43.3.